The predicted octanol–water partition coefficient (Wildman–Crippen LogP) is 2.06. The zero-order valence-corrected chi connectivity index (χ0v) is 10.5. The van der Waals surface area contributed by atoms with Gasteiger partial charge in [-0.2, -0.15) is 0 Å². The number of aliphatic hydroxyl groups is 1. The molecule has 1 unspecified atom stereocenters. The van der Waals surface area contributed by atoms with Crippen molar-refractivity contribution in [3.05, 3.63) is 71.3 Å². The van der Waals surface area contributed by atoms with Crippen LogP contribution < -0.4 is 5.32 Å². The summed E-state index contributed by atoms with van der Waals surface area (Å²) in [5, 5.41) is 13.9. The standard InChI is InChI=1S/C16H15NO2/c18-15-13-8-4-5-9-14(13)16(19,10-11-17-15)12-6-2-1-3-7-12/h1-9,19H,10-11H2,(H,17,18). The number of carbonyl (C=O) groups is 1. The second-order valence-corrected chi connectivity index (χ2v) is 4.78. The maximum Gasteiger partial charge on any atom is 0.251 e. The molecular weight excluding hydrogens is 238 g/mol. The smallest absolute Gasteiger partial charge is 0.251 e. The van der Waals surface area contributed by atoms with Crippen LogP contribution in [0.5, 0.6) is 0 Å². The minimum absolute atomic E-state index is 0.123. The third-order valence-electron chi connectivity index (χ3n) is 3.64. The fraction of sp³-hybridized carbons (Fsp3) is 0.188. The fourth-order valence-electron chi connectivity index (χ4n) is 2.64. The zero-order chi connectivity index (χ0) is 13.3. The average molecular weight is 253 g/mol. The second kappa shape index (κ2) is 4.52. The van der Waals surface area contributed by atoms with E-state index in [0.717, 1.165) is 5.56 Å². The fourth-order valence-corrected chi connectivity index (χ4v) is 2.64. The molecule has 1 aliphatic rings. The van der Waals surface area contributed by atoms with Crippen LogP contribution in [-0.2, 0) is 5.60 Å². The normalized spacial score (nSPS) is 22.3. The molecule has 1 aliphatic heterocycles. The van der Waals surface area contributed by atoms with Gasteiger partial charge in [-0.25, -0.2) is 0 Å². The number of fused-ring (bicyclic) bond motifs is 1. The SMILES string of the molecule is O=C1NCCC(O)(c2ccccc2)c2ccccc21. The number of amides is 1. The Kier molecular flexibility index (Phi) is 2.84. The molecule has 3 heteroatoms. The van der Waals surface area contributed by atoms with Crippen LogP contribution >= 0.6 is 0 Å². The number of hydrogen-bond donors (Lipinski definition) is 2. The summed E-state index contributed by atoms with van der Waals surface area (Å²) in [6.45, 7) is 0.457. The van der Waals surface area contributed by atoms with Crippen LogP contribution in [0.15, 0.2) is 54.6 Å². The average Bonchev–Trinajstić information content (AvgIpc) is 2.59. The van der Waals surface area contributed by atoms with Crippen molar-refractivity contribution in [2.24, 2.45) is 0 Å². The Morgan fingerprint density at radius 2 is 1.68 bits per heavy atom. The van der Waals surface area contributed by atoms with Crippen molar-refractivity contribution >= 4 is 5.91 Å². The molecule has 2 aromatic rings. The number of nitrogens with one attached hydrogen (secondary N) is 1. The summed E-state index contributed by atoms with van der Waals surface area (Å²) in [7, 11) is 0. The minimum Gasteiger partial charge on any atom is -0.380 e. The van der Waals surface area contributed by atoms with Gasteiger partial charge in [0.15, 0.2) is 0 Å². The van der Waals surface area contributed by atoms with Crippen LogP contribution in [0.2, 0.25) is 0 Å². The molecule has 0 radical (unpaired) electrons. The van der Waals surface area contributed by atoms with E-state index in [1.54, 1.807) is 6.07 Å². The van der Waals surface area contributed by atoms with Gasteiger partial charge in [-0.1, -0.05) is 48.5 Å². The first-order valence-corrected chi connectivity index (χ1v) is 6.37. The molecule has 1 heterocycles. The molecule has 1 atom stereocenters. The predicted molar refractivity (Wildman–Crippen MR) is 72.8 cm³/mol. The first-order chi connectivity index (χ1) is 9.22. The van der Waals surface area contributed by atoms with E-state index in [2.05, 4.69) is 5.32 Å². The van der Waals surface area contributed by atoms with E-state index in [4.69, 9.17) is 0 Å². The van der Waals surface area contributed by atoms with E-state index < -0.39 is 5.60 Å². The third-order valence-corrected chi connectivity index (χ3v) is 3.64. The summed E-state index contributed by atoms with van der Waals surface area (Å²) in [6.07, 6.45) is 0.472. The Morgan fingerprint density at radius 3 is 2.47 bits per heavy atom. The molecule has 0 aliphatic carbocycles. The van der Waals surface area contributed by atoms with E-state index in [9.17, 15) is 9.90 Å². The van der Waals surface area contributed by atoms with E-state index in [1.165, 1.54) is 0 Å². The summed E-state index contributed by atoms with van der Waals surface area (Å²) in [5.41, 5.74) is 0.929. The van der Waals surface area contributed by atoms with E-state index in [1.807, 2.05) is 48.5 Å². The molecule has 1 amide bonds. The van der Waals surface area contributed by atoms with Gasteiger partial charge in [-0.3, -0.25) is 4.79 Å². The van der Waals surface area contributed by atoms with E-state index in [0.29, 0.717) is 24.1 Å². The third kappa shape index (κ3) is 1.92. The maximum atomic E-state index is 12.0. The summed E-state index contributed by atoms with van der Waals surface area (Å²) in [6, 6.07) is 16.8. The number of rotatable bonds is 1. The lowest BCUT2D eigenvalue weighted by molar-refractivity contribution is 0.0736. The summed E-state index contributed by atoms with van der Waals surface area (Å²) in [4.78, 5) is 12.0. The Bertz CT molecular complexity index is 609. The highest BCUT2D eigenvalue weighted by atomic mass is 16.3. The molecule has 0 aromatic heterocycles. The Balaban J connectivity index is 2.21. The lowest BCUT2D eigenvalue weighted by Gasteiger charge is -2.28. The van der Waals surface area contributed by atoms with Gasteiger partial charge in [0.05, 0.1) is 0 Å². The van der Waals surface area contributed by atoms with Crippen LogP contribution in [-0.4, -0.2) is 17.6 Å². The molecule has 0 bridgehead atoms. The molecule has 0 spiro atoms. The minimum atomic E-state index is -1.11. The van der Waals surface area contributed by atoms with Gasteiger partial charge >= 0.3 is 0 Å². The topological polar surface area (TPSA) is 49.3 Å². The molecule has 2 aromatic carbocycles. The van der Waals surface area contributed by atoms with Crippen molar-refractivity contribution in [1.29, 1.82) is 0 Å². The highest BCUT2D eigenvalue weighted by molar-refractivity contribution is 5.96. The molecule has 0 saturated carbocycles. The Hall–Kier alpha value is -2.13. The first-order valence-electron chi connectivity index (χ1n) is 6.37. The molecule has 2 N–H and O–H groups in total. The molecule has 19 heavy (non-hydrogen) atoms. The summed E-state index contributed by atoms with van der Waals surface area (Å²) in [5.74, 6) is -0.123. The van der Waals surface area contributed by atoms with Crippen molar-refractivity contribution < 1.29 is 9.90 Å². The molecule has 3 rings (SSSR count). The zero-order valence-electron chi connectivity index (χ0n) is 10.5. The monoisotopic (exact) mass is 253 g/mol. The van der Waals surface area contributed by atoms with Crippen LogP contribution in [0.1, 0.15) is 27.9 Å². The van der Waals surface area contributed by atoms with Gasteiger partial charge in [0.2, 0.25) is 0 Å². The van der Waals surface area contributed by atoms with Gasteiger partial charge in [-0.15, -0.1) is 0 Å². The molecule has 96 valence electrons. The highest BCUT2D eigenvalue weighted by Crippen LogP contribution is 2.36. The summed E-state index contributed by atoms with van der Waals surface area (Å²) >= 11 is 0. The Labute approximate surface area is 111 Å². The van der Waals surface area contributed by atoms with Gasteiger partial charge in [-0.05, 0) is 11.6 Å². The highest BCUT2D eigenvalue weighted by Gasteiger charge is 2.36. The van der Waals surface area contributed by atoms with Gasteiger partial charge in [0.1, 0.15) is 5.60 Å². The van der Waals surface area contributed by atoms with E-state index in [-0.39, 0.29) is 5.91 Å². The lowest BCUT2D eigenvalue weighted by atomic mass is 9.82. The van der Waals surface area contributed by atoms with E-state index >= 15 is 0 Å². The van der Waals surface area contributed by atoms with Crippen LogP contribution in [0.4, 0.5) is 0 Å². The molecular formula is C16H15NO2. The van der Waals surface area contributed by atoms with Gasteiger partial charge in [0, 0.05) is 24.1 Å². The van der Waals surface area contributed by atoms with Crippen LogP contribution in [0.25, 0.3) is 0 Å². The number of benzene rings is 2. The summed E-state index contributed by atoms with van der Waals surface area (Å²) < 4.78 is 0. The van der Waals surface area contributed by atoms with Crippen molar-refractivity contribution in [2.75, 3.05) is 6.54 Å². The maximum absolute atomic E-state index is 12.0. The molecule has 0 saturated heterocycles. The van der Waals surface area contributed by atoms with Crippen molar-refractivity contribution in [1.82, 2.24) is 5.32 Å². The van der Waals surface area contributed by atoms with Crippen molar-refractivity contribution in [3.63, 3.8) is 0 Å². The number of hydrogen-bond acceptors (Lipinski definition) is 2. The molecule has 0 fully saturated rings. The largest absolute Gasteiger partial charge is 0.380 e. The lowest BCUT2D eigenvalue weighted by Crippen LogP contribution is -2.29. The first kappa shape index (κ1) is 11.9. The number of carbonyl (C=O) groups excluding carboxylic acids is 1. The quantitative estimate of drug-likeness (QED) is 0.817. The molecule has 3 nitrogen and oxygen atoms in total. The van der Waals surface area contributed by atoms with Gasteiger partial charge < -0.3 is 10.4 Å². The van der Waals surface area contributed by atoms with Crippen LogP contribution in [0, 0.1) is 0 Å². The van der Waals surface area contributed by atoms with Gasteiger partial charge in [0.25, 0.3) is 5.91 Å². The van der Waals surface area contributed by atoms with Crippen LogP contribution in [0.3, 0.4) is 0 Å². The van der Waals surface area contributed by atoms with Crippen molar-refractivity contribution in [3.8, 4) is 0 Å². The second-order valence-electron chi connectivity index (χ2n) is 4.78. The van der Waals surface area contributed by atoms with Crippen molar-refractivity contribution in [2.45, 2.75) is 12.0 Å². The Morgan fingerprint density at radius 1 is 1.00 bits per heavy atom.